The molecule has 0 aliphatic rings. The van der Waals surface area contributed by atoms with E-state index in [0.717, 1.165) is 29.9 Å². The first-order valence-electron chi connectivity index (χ1n) is 5.35. The van der Waals surface area contributed by atoms with E-state index >= 15 is 0 Å². The van der Waals surface area contributed by atoms with Crippen molar-refractivity contribution in [2.45, 2.75) is 13.3 Å². The minimum absolute atomic E-state index is 0.890. The molecular weight excluding hydrogens is 200 g/mol. The van der Waals surface area contributed by atoms with Gasteiger partial charge in [0.05, 0.1) is 5.69 Å². The molecule has 2 aromatic heterocycles. The lowest BCUT2D eigenvalue weighted by molar-refractivity contribution is 0.979. The molecule has 82 valence electrons. The summed E-state index contributed by atoms with van der Waals surface area (Å²) >= 11 is 0. The molecule has 0 atom stereocenters. The number of pyridine rings is 1. The third kappa shape index (κ3) is 2.53. The van der Waals surface area contributed by atoms with E-state index in [0.29, 0.717) is 0 Å². The zero-order chi connectivity index (χ0) is 11.2. The molecule has 0 fully saturated rings. The van der Waals surface area contributed by atoms with Crippen LogP contribution in [0, 0.1) is 0 Å². The minimum atomic E-state index is 0.890. The number of nitrogens with one attached hydrogen (secondary N) is 1. The molecule has 2 rings (SSSR count). The molecule has 0 amide bonds. The average Bonchev–Trinajstić information content (AvgIpc) is 2.38. The highest BCUT2D eigenvalue weighted by Crippen LogP contribution is 2.17. The van der Waals surface area contributed by atoms with E-state index in [4.69, 9.17) is 0 Å². The van der Waals surface area contributed by atoms with Gasteiger partial charge in [-0.25, -0.2) is 9.97 Å². The van der Waals surface area contributed by atoms with E-state index < -0.39 is 0 Å². The summed E-state index contributed by atoms with van der Waals surface area (Å²) in [4.78, 5) is 12.3. The highest BCUT2D eigenvalue weighted by atomic mass is 14.9. The second kappa shape index (κ2) is 5.21. The SMILES string of the molecule is CCCNc1ccnc(-c2cncnc2)c1. The summed E-state index contributed by atoms with van der Waals surface area (Å²) in [5, 5.41) is 3.32. The first kappa shape index (κ1) is 10.5. The number of nitrogens with zero attached hydrogens (tertiary/aromatic N) is 3. The summed E-state index contributed by atoms with van der Waals surface area (Å²) in [6.45, 7) is 3.11. The van der Waals surface area contributed by atoms with Crippen molar-refractivity contribution in [3.05, 3.63) is 37.1 Å². The van der Waals surface area contributed by atoms with Crippen LogP contribution in [-0.2, 0) is 0 Å². The van der Waals surface area contributed by atoms with Crippen LogP contribution in [-0.4, -0.2) is 21.5 Å². The fraction of sp³-hybridized carbons (Fsp3) is 0.250. The van der Waals surface area contributed by atoms with Crippen LogP contribution in [0.3, 0.4) is 0 Å². The molecule has 0 saturated heterocycles. The summed E-state index contributed by atoms with van der Waals surface area (Å²) in [6.07, 6.45) is 7.94. The van der Waals surface area contributed by atoms with E-state index in [9.17, 15) is 0 Å². The van der Waals surface area contributed by atoms with Gasteiger partial charge >= 0.3 is 0 Å². The first-order valence-corrected chi connectivity index (χ1v) is 5.35. The third-order valence-electron chi connectivity index (χ3n) is 2.20. The van der Waals surface area contributed by atoms with Gasteiger partial charge in [0.25, 0.3) is 0 Å². The summed E-state index contributed by atoms with van der Waals surface area (Å²) in [5.74, 6) is 0. The van der Waals surface area contributed by atoms with Crippen LogP contribution >= 0.6 is 0 Å². The van der Waals surface area contributed by atoms with E-state index in [2.05, 4.69) is 27.2 Å². The highest BCUT2D eigenvalue weighted by Gasteiger charge is 2.00. The van der Waals surface area contributed by atoms with E-state index in [1.807, 2.05) is 12.1 Å². The van der Waals surface area contributed by atoms with Gasteiger partial charge in [-0.3, -0.25) is 4.98 Å². The molecule has 0 aliphatic heterocycles. The van der Waals surface area contributed by atoms with Gasteiger partial charge in [0.15, 0.2) is 0 Å². The van der Waals surface area contributed by atoms with Crippen LogP contribution in [0.2, 0.25) is 0 Å². The van der Waals surface area contributed by atoms with Crippen molar-refractivity contribution in [1.29, 1.82) is 0 Å². The smallest absolute Gasteiger partial charge is 0.115 e. The lowest BCUT2D eigenvalue weighted by Crippen LogP contribution is -2.00. The van der Waals surface area contributed by atoms with Crippen molar-refractivity contribution in [3.63, 3.8) is 0 Å². The van der Waals surface area contributed by atoms with Gasteiger partial charge < -0.3 is 5.32 Å². The third-order valence-corrected chi connectivity index (χ3v) is 2.20. The largest absolute Gasteiger partial charge is 0.385 e. The molecule has 2 aromatic rings. The van der Waals surface area contributed by atoms with Crippen molar-refractivity contribution in [2.24, 2.45) is 0 Å². The summed E-state index contributed by atoms with van der Waals surface area (Å²) in [5.41, 5.74) is 2.90. The number of aromatic nitrogens is 3. The fourth-order valence-electron chi connectivity index (χ4n) is 1.40. The molecule has 0 aromatic carbocycles. The van der Waals surface area contributed by atoms with Crippen molar-refractivity contribution in [3.8, 4) is 11.3 Å². The molecule has 1 N–H and O–H groups in total. The maximum Gasteiger partial charge on any atom is 0.115 e. The highest BCUT2D eigenvalue weighted by molar-refractivity contribution is 5.62. The summed E-state index contributed by atoms with van der Waals surface area (Å²) in [7, 11) is 0. The van der Waals surface area contributed by atoms with Crippen LogP contribution in [0.25, 0.3) is 11.3 Å². The normalized spacial score (nSPS) is 10.1. The number of anilines is 1. The molecule has 0 radical (unpaired) electrons. The standard InChI is InChI=1S/C12H14N4/c1-2-4-15-11-3-5-16-12(6-11)10-7-13-9-14-8-10/h3,5-9H,2,4H2,1H3,(H,15,16). The quantitative estimate of drug-likeness (QED) is 0.848. The van der Waals surface area contributed by atoms with E-state index in [-0.39, 0.29) is 0 Å². The molecule has 0 unspecified atom stereocenters. The molecular formula is C12H14N4. The molecule has 4 nitrogen and oxygen atoms in total. The van der Waals surface area contributed by atoms with Crippen LogP contribution in [0.1, 0.15) is 13.3 Å². The van der Waals surface area contributed by atoms with E-state index in [1.54, 1.807) is 18.6 Å². The van der Waals surface area contributed by atoms with Gasteiger partial charge in [-0.2, -0.15) is 0 Å². The molecule has 16 heavy (non-hydrogen) atoms. The average molecular weight is 214 g/mol. The van der Waals surface area contributed by atoms with Crippen LogP contribution in [0.4, 0.5) is 5.69 Å². The maximum atomic E-state index is 4.30. The van der Waals surface area contributed by atoms with Crippen molar-refractivity contribution in [1.82, 2.24) is 15.0 Å². The molecule has 0 saturated carbocycles. The second-order valence-electron chi connectivity index (χ2n) is 3.48. The Labute approximate surface area is 94.8 Å². The first-order chi connectivity index (χ1) is 7.90. The number of rotatable bonds is 4. The number of hydrogen-bond acceptors (Lipinski definition) is 4. The summed E-state index contributed by atoms with van der Waals surface area (Å²) < 4.78 is 0. The summed E-state index contributed by atoms with van der Waals surface area (Å²) in [6, 6.07) is 3.97. The van der Waals surface area contributed by atoms with E-state index in [1.165, 1.54) is 6.33 Å². The van der Waals surface area contributed by atoms with Crippen LogP contribution in [0.5, 0.6) is 0 Å². The second-order valence-corrected chi connectivity index (χ2v) is 3.48. The van der Waals surface area contributed by atoms with Gasteiger partial charge in [-0.1, -0.05) is 6.92 Å². The lowest BCUT2D eigenvalue weighted by atomic mass is 10.2. The van der Waals surface area contributed by atoms with Gasteiger partial charge in [-0.05, 0) is 18.6 Å². The molecule has 4 heteroatoms. The minimum Gasteiger partial charge on any atom is -0.385 e. The van der Waals surface area contributed by atoms with Crippen LogP contribution < -0.4 is 5.32 Å². The monoisotopic (exact) mass is 214 g/mol. The number of hydrogen-bond donors (Lipinski definition) is 1. The van der Waals surface area contributed by atoms with Gasteiger partial charge in [0, 0.05) is 36.4 Å². The molecule has 2 heterocycles. The van der Waals surface area contributed by atoms with Crippen molar-refractivity contribution < 1.29 is 0 Å². The fourth-order valence-corrected chi connectivity index (χ4v) is 1.40. The van der Waals surface area contributed by atoms with Gasteiger partial charge in [0.2, 0.25) is 0 Å². The Hall–Kier alpha value is -1.97. The predicted molar refractivity (Wildman–Crippen MR) is 64.0 cm³/mol. The van der Waals surface area contributed by atoms with Gasteiger partial charge in [0.1, 0.15) is 6.33 Å². The van der Waals surface area contributed by atoms with Gasteiger partial charge in [-0.15, -0.1) is 0 Å². The maximum absolute atomic E-state index is 4.30. The Bertz CT molecular complexity index is 442. The van der Waals surface area contributed by atoms with Crippen molar-refractivity contribution in [2.75, 3.05) is 11.9 Å². The predicted octanol–water partition coefficient (Wildman–Crippen LogP) is 2.36. The Morgan fingerprint density at radius 3 is 2.81 bits per heavy atom. The zero-order valence-electron chi connectivity index (χ0n) is 9.22. The Kier molecular flexibility index (Phi) is 3.43. The van der Waals surface area contributed by atoms with Crippen LogP contribution in [0.15, 0.2) is 37.1 Å². The Balaban J connectivity index is 2.22. The Morgan fingerprint density at radius 1 is 1.25 bits per heavy atom. The topological polar surface area (TPSA) is 50.7 Å². The molecule has 0 bridgehead atoms. The molecule has 0 aliphatic carbocycles. The van der Waals surface area contributed by atoms with Crippen molar-refractivity contribution >= 4 is 5.69 Å². The lowest BCUT2D eigenvalue weighted by Gasteiger charge is -2.06. The molecule has 0 spiro atoms. The Morgan fingerprint density at radius 2 is 2.06 bits per heavy atom. The zero-order valence-corrected chi connectivity index (χ0v) is 9.22.